The molecule has 1 aliphatic rings. The number of carbonyl (C=O) groups is 1. The van der Waals surface area contributed by atoms with Gasteiger partial charge in [-0.25, -0.2) is 14.4 Å². The van der Waals surface area contributed by atoms with E-state index in [9.17, 15) is 9.18 Å². The highest BCUT2D eigenvalue weighted by Gasteiger charge is 2.31. The number of aromatic nitrogens is 3. The van der Waals surface area contributed by atoms with Crippen molar-refractivity contribution >= 4 is 22.9 Å². The zero-order valence-corrected chi connectivity index (χ0v) is 19.4. The lowest BCUT2D eigenvalue weighted by atomic mass is 9.97. The molecule has 4 heterocycles. The van der Waals surface area contributed by atoms with E-state index in [-0.39, 0.29) is 17.8 Å². The number of halogens is 1. The lowest BCUT2D eigenvalue weighted by Gasteiger charge is -2.35. The fraction of sp³-hybridized carbons (Fsp3) is 0.320. The molecule has 0 unspecified atom stereocenters. The Labute approximate surface area is 195 Å². The molecule has 0 saturated carbocycles. The van der Waals surface area contributed by atoms with Crippen LogP contribution in [0.25, 0.3) is 16.1 Å². The first-order chi connectivity index (χ1) is 16.0. The van der Waals surface area contributed by atoms with Gasteiger partial charge in [-0.2, -0.15) is 0 Å². The minimum absolute atomic E-state index is 0.0566. The summed E-state index contributed by atoms with van der Waals surface area (Å²) in [5.41, 5.74) is 3.04. The normalized spacial score (nSPS) is 16.3. The molecule has 1 atom stereocenters. The first-order valence-corrected chi connectivity index (χ1v) is 11.9. The van der Waals surface area contributed by atoms with Crippen LogP contribution in [-0.2, 0) is 6.42 Å². The van der Waals surface area contributed by atoms with Gasteiger partial charge >= 0.3 is 0 Å². The summed E-state index contributed by atoms with van der Waals surface area (Å²) in [6.07, 6.45) is 7.61. The molecule has 1 amide bonds. The first kappa shape index (κ1) is 21.6. The number of nitrogens with zero attached hydrogens (tertiary/aromatic N) is 4. The molecular weight excluding hydrogens is 439 g/mol. The van der Waals surface area contributed by atoms with E-state index < -0.39 is 0 Å². The van der Waals surface area contributed by atoms with E-state index >= 15 is 0 Å². The molecule has 0 spiro atoms. The van der Waals surface area contributed by atoms with Crippen LogP contribution in [0.1, 0.15) is 40.5 Å². The Hall–Kier alpha value is -3.26. The second-order valence-electron chi connectivity index (χ2n) is 8.33. The Bertz CT molecular complexity index is 1300. The van der Waals surface area contributed by atoms with Crippen molar-refractivity contribution in [3.63, 3.8) is 0 Å². The van der Waals surface area contributed by atoms with Gasteiger partial charge in [0.15, 0.2) is 0 Å². The standard InChI is InChI=1S/C25H25FN4O2S/c1-16-27-23(24(33-16)17-6-8-18(26)9-7-17)25(31)30-11-4-3-5-20(30)13-19-15-29-12-10-21(32-2)14-22(29)28-19/h6-10,12,14-15,20H,3-5,11,13H2,1-2H3/t20-/m0/s1. The summed E-state index contributed by atoms with van der Waals surface area (Å²) < 4.78 is 20.7. The molecule has 6 nitrogen and oxygen atoms in total. The zero-order chi connectivity index (χ0) is 22.9. The molecule has 0 bridgehead atoms. The number of benzene rings is 1. The lowest BCUT2D eigenvalue weighted by molar-refractivity contribution is 0.0608. The van der Waals surface area contributed by atoms with Crippen LogP contribution in [0.2, 0.25) is 0 Å². The third kappa shape index (κ3) is 4.35. The molecule has 1 aliphatic heterocycles. The number of pyridine rings is 1. The molecule has 0 radical (unpaired) electrons. The number of piperidine rings is 1. The highest BCUT2D eigenvalue weighted by atomic mass is 32.1. The smallest absolute Gasteiger partial charge is 0.274 e. The number of hydrogen-bond acceptors (Lipinski definition) is 5. The molecule has 1 aromatic carbocycles. The van der Waals surface area contributed by atoms with Gasteiger partial charge in [0, 0.05) is 37.5 Å². The average Bonchev–Trinajstić information content (AvgIpc) is 3.41. The van der Waals surface area contributed by atoms with Gasteiger partial charge in [0.05, 0.1) is 22.7 Å². The number of fused-ring (bicyclic) bond motifs is 1. The summed E-state index contributed by atoms with van der Waals surface area (Å²) in [5.74, 6) is 0.407. The van der Waals surface area contributed by atoms with Gasteiger partial charge in [0.2, 0.25) is 0 Å². The van der Waals surface area contributed by atoms with Crippen molar-refractivity contribution in [2.75, 3.05) is 13.7 Å². The number of amides is 1. The molecule has 1 saturated heterocycles. The second-order valence-corrected chi connectivity index (χ2v) is 9.54. The van der Waals surface area contributed by atoms with Crippen LogP contribution in [0.4, 0.5) is 4.39 Å². The van der Waals surface area contributed by atoms with Gasteiger partial charge in [-0.15, -0.1) is 11.3 Å². The molecule has 4 aromatic rings. The monoisotopic (exact) mass is 464 g/mol. The second kappa shape index (κ2) is 8.94. The Kier molecular flexibility index (Phi) is 5.85. The first-order valence-electron chi connectivity index (χ1n) is 11.1. The SMILES string of the molecule is COc1ccn2cc(C[C@@H]3CCCCN3C(=O)c3nc(C)sc3-c3ccc(F)cc3)nc2c1. The van der Waals surface area contributed by atoms with Gasteiger partial charge in [0.25, 0.3) is 5.91 Å². The lowest BCUT2D eigenvalue weighted by Crippen LogP contribution is -2.45. The minimum Gasteiger partial charge on any atom is -0.497 e. The van der Waals surface area contributed by atoms with Crippen molar-refractivity contribution < 1.29 is 13.9 Å². The van der Waals surface area contributed by atoms with Crippen LogP contribution >= 0.6 is 11.3 Å². The summed E-state index contributed by atoms with van der Waals surface area (Å²) in [5, 5.41) is 0.820. The Morgan fingerprint density at radius 1 is 1.21 bits per heavy atom. The number of methoxy groups -OCH3 is 1. The quantitative estimate of drug-likeness (QED) is 0.410. The fourth-order valence-electron chi connectivity index (χ4n) is 4.47. The topological polar surface area (TPSA) is 59.7 Å². The van der Waals surface area contributed by atoms with E-state index in [0.29, 0.717) is 18.7 Å². The maximum Gasteiger partial charge on any atom is 0.274 e. The average molecular weight is 465 g/mol. The number of aryl methyl sites for hydroxylation is 1. The molecule has 0 N–H and O–H groups in total. The number of carbonyl (C=O) groups excluding carboxylic acids is 1. The summed E-state index contributed by atoms with van der Waals surface area (Å²) in [6, 6.07) is 10.1. The number of imidazole rings is 1. The van der Waals surface area contributed by atoms with Crippen LogP contribution in [0.5, 0.6) is 5.75 Å². The molecular formula is C25H25FN4O2S. The summed E-state index contributed by atoms with van der Waals surface area (Å²) in [4.78, 5) is 25.8. The van der Waals surface area contributed by atoms with E-state index in [2.05, 4.69) is 4.98 Å². The van der Waals surface area contributed by atoms with Crippen LogP contribution in [0, 0.1) is 12.7 Å². The molecule has 8 heteroatoms. The molecule has 5 rings (SSSR count). The molecule has 170 valence electrons. The van der Waals surface area contributed by atoms with E-state index in [4.69, 9.17) is 9.72 Å². The molecule has 1 fully saturated rings. The van der Waals surface area contributed by atoms with E-state index in [1.165, 1.54) is 23.5 Å². The summed E-state index contributed by atoms with van der Waals surface area (Å²) >= 11 is 1.47. The van der Waals surface area contributed by atoms with Crippen LogP contribution < -0.4 is 4.74 Å². The third-order valence-electron chi connectivity index (χ3n) is 6.09. The number of rotatable bonds is 5. The van der Waals surface area contributed by atoms with Crippen molar-refractivity contribution in [2.45, 2.75) is 38.6 Å². The maximum absolute atomic E-state index is 13.7. The highest BCUT2D eigenvalue weighted by Crippen LogP contribution is 2.33. The molecule has 0 aliphatic carbocycles. The highest BCUT2D eigenvalue weighted by molar-refractivity contribution is 7.15. The maximum atomic E-state index is 13.7. The minimum atomic E-state index is -0.297. The molecule has 3 aromatic heterocycles. The van der Waals surface area contributed by atoms with E-state index in [1.54, 1.807) is 19.2 Å². The fourth-order valence-corrected chi connectivity index (χ4v) is 5.38. The van der Waals surface area contributed by atoms with Crippen molar-refractivity contribution in [2.24, 2.45) is 0 Å². The number of likely N-dealkylation sites (tertiary alicyclic amines) is 1. The summed E-state index contributed by atoms with van der Waals surface area (Å²) in [6.45, 7) is 2.59. The van der Waals surface area contributed by atoms with Crippen molar-refractivity contribution in [1.29, 1.82) is 0 Å². The number of ether oxygens (including phenoxy) is 1. The van der Waals surface area contributed by atoms with E-state index in [1.807, 2.05) is 40.8 Å². The number of hydrogen-bond donors (Lipinski definition) is 0. The molecule has 33 heavy (non-hydrogen) atoms. The van der Waals surface area contributed by atoms with Gasteiger partial charge in [-0.3, -0.25) is 4.79 Å². The van der Waals surface area contributed by atoms with Gasteiger partial charge in [-0.05, 0) is 49.9 Å². The van der Waals surface area contributed by atoms with Crippen molar-refractivity contribution in [3.8, 4) is 16.2 Å². The van der Waals surface area contributed by atoms with Crippen LogP contribution in [-0.4, -0.2) is 44.9 Å². The zero-order valence-electron chi connectivity index (χ0n) is 18.6. The largest absolute Gasteiger partial charge is 0.497 e. The Balaban J connectivity index is 1.42. The Morgan fingerprint density at radius 2 is 2.03 bits per heavy atom. The van der Waals surface area contributed by atoms with Crippen molar-refractivity contribution in [1.82, 2.24) is 19.3 Å². The predicted molar refractivity (Wildman–Crippen MR) is 126 cm³/mol. The van der Waals surface area contributed by atoms with E-state index in [0.717, 1.165) is 51.8 Å². The van der Waals surface area contributed by atoms with Crippen molar-refractivity contribution in [3.05, 3.63) is 71.0 Å². The van der Waals surface area contributed by atoms with Gasteiger partial charge in [-0.1, -0.05) is 12.1 Å². The van der Waals surface area contributed by atoms with Crippen LogP contribution in [0.15, 0.2) is 48.8 Å². The van der Waals surface area contributed by atoms with Crippen LogP contribution in [0.3, 0.4) is 0 Å². The number of thiazole rings is 1. The third-order valence-corrected chi connectivity index (χ3v) is 7.11. The van der Waals surface area contributed by atoms with Gasteiger partial charge < -0.3 is 14.0 Å². The predicted octanol–water partition coefficient (Wildman–Crippen LogP) is 5.15. The Morgan fingerprint density at radius 3 is 2.82 bits per heavy atom. The summed E-state index contributed by atoms with van der Waals surface area (Å²) in [7, 11) is 1.64. The van der Waals surface area contributed by atoms with Gasteiger partial charge in [0.1, 0.15) is 22.9 Å².